The lowest BCUT2D eigenvalue weighted by atomic mass is 10.1. The minimum atomic E-state index is -0.396. The van der Waals surface area contributed by atoms with Crippen molar-refractivity contribution in [2.75, 3.05) is 13.7 Å². The highest BCUT2D eigenvalue weighted by atomic mass is 79.9. The van der Waals surface area contributed by atoms with E-state index in [0.29, 0.717) is 17.6 Å². The standard InChI is InChI=1S/C12H17BrN2O3/c1-12(2,18-3)8-14-7-9-5-4-6-10(11(9)13)15(16)17/h4-6,14H,7-8H2,1-3H3. The molecule has 0 unspecified atom stereocenters. The predicted octanol–water partition coefficient (Wildman–Crippen LogP) is 2.87. The summed E-state index contributed by atoms with van der Waals surface area (Å²) in [5.41, 5.74) is 0.684. The molecule has 0 spiro atoms. The number of nitro groups is 1. The van der Waals surface area contributed by atoms with Crippen LogP contribution in [0.1, 0.15) is 19.4 Å². The van der Waals surface area contributed by atoms with E-state index in [4.69, 9.17) is 4.74 Å². The molecular formula is C12H17BrN2O3. The highest BCUT2D eigenvalue weighted by Crippen LogP contribution is 2.28. The molecule has 1 aromatic carbocycles. The van der Waals surface area contributed by atoms with Crippen molar-refractivity contribution in [1.29, 1.82) is 0 Å². The zero-order valence-corrected chi connectivity index (χ0v) is 12.3. The van der Waals surface area contributed by atoms with Gasteiger partial charge in [-0.3, -0.25) is 10.1 Å². The monoisotopic (exact) mass is 316 g/mol. The van der Waals surface area contributed by atoms with Crippen LogP contribution in [0.15, 0.2) is 22.7 Å². The largest absolute Gasteiger partial charge is 0.377 e. The van der Waals surface area contributed by atoms with E-state index in [1.165, 1.54) is 6.07 Å². The van der Waals surface area contributed by atoms with Gasteiger partial charge in [-0.2, -0.15) is 0 Å². The number of hydrogen-bond donors (Lipinski definition) is 1. The lowest BCUT2D eigenvalue weighted by Crippen LogP contribution is -2.36. The summed E-state index contributed by atoms with van der Waals surface area (Å²) >= 11 is 3.27. The van der Waals surface area contributed by atoms with Crippen molar-refractivity contribution in [3.05, 3.63) is 38.3 Å². The second kappa shape index (κ2) is 6.26. The maximum atomic E-state index is 10.8. The second-order valence-electron chi connectivity index (χ2n) is 4.57. The van der Waals surface area contributed by atoms with Crippen LogP contribution < -0.4 is 5.32 Å². The van der Waals surface area contributed by atoms with Gasteiger partial charge in [0.25, 0.3) is 5.69 Å². The summed E-state index contributed by atoms with van der Waals surface area (Å²) in [5, 5.41) is 14.0. The predicted molar refractivity (Wildman–Crippen MR) is 73.6 cm³/mol. The number of benzene rings is 1. The van der Waals surface area contributed by atoms with Crippen molar-refractivity contribution in [2.45, 2.75) is 26.0 Å². The Morgan fingerprint density at radius 1 is 1.50 bits per heavy atom. The van der Waals surface area contributed by atoms with E-state index in [9.17, 15) is 10.1 Å². The molecule has 18 heavy (non-hydrogen) atoms. The normalized spacial score (nSPS) is 11.6. The number of hydrogen-bond acceptors (Lipinski definition) is 4. The van der Waals surface area contributed by atoms with Gasteiger partial charge in [-0.25, -0.2) is 0 Å². The fraction of sp³-hybridized carbons (Fsp3) is 0.500. The average molecular weight is 317 g/mol. The van der Waals surface area contributed by atoms with E-state index in [2.05, 4.69) is 21.2 Å². The Hall–Kier alpha value is -0.980. The summed E-state index contributed by atoms with van der Waals surface area (Å²) in [7, 11) is 1.66. The molecule has 0 saturated carbocycles. The second-order valence-corrected chi connectivity index (χ2v) is 5.37. The van der Waals surface area contributed by atoms with Gasteiger partial charge in [-0.15, -0.1) is 0 Å². The molecule has 0 heterocycles. The SMILES string of the molecule is COC(C)(C)CNCc1cccc([N+](=O)[O-])c1Br. The third-order valence-corrected chi connectivity index (χ3v) is 3.59. The summed E-state index contributed by atoms with van der Waals surface area (Å²) in [6.07, 6.45) is 0. The minimum Gasteiger partial charge on any atom is -0.377 e. The van der Waals surface area contributed by atoms with Crippen molar-refractivity contribution < 1.29 is 9.66 Å². The van der Waals surface area contributed by atoms with Gasteiger partial charge in [0.2, 0.25) is 0 Å². The topological polar surface area (TPSA) is 64.4 Å². The van der Waals surface area contributed by atoms with Crippen LogP contribution in [0.2, 0.25) is 0 Å². The number of ether oxygens (including phenoxy) is 1. The number of nitrogens with zero attached hydrogens (tertiary/aromatic N) is 1. The van der Waals surface area contributed by atoms with Gasteiger partial charge < -0.3 is 10.1 Å². The fourth-order valence-corrected chi connectivity index (χ4v) is 1.96. The Balaban J connectivity index is 2.69. The van der Waals surface area contributed by atoms with E-state index in [1.54, 1.807) is 13.2 Å². The molecule has 0 radical (unpaired) electrons. The van der Waals surface area contributed by atoms with Crippen molar-refractivity contribution in [3.8, 4) is 0 Å². The summed E-state index contributed by atoms with van der Waals surface area (Å²) in [4.78, 5) is 10.4. The molecule has 6 heteroatoms. The van der Waals surface area contributed by atoms with Crippen LogP contribution >= 0.6 is 15.9 Å². The average Bonchev–Trinajstić information content (AvgIpc) is 2.31. The molecular weight excluding hydrogens is 300 g/mol. The summed E-state index contributed by atoms with van der Waals surface area (Å²) in [5.74, 6) is 0. The van der Waals surface area contributed by atoms with Gasteiger partial charge in [0.05, 0.1) is 15.0 Å². The zero-order chi connectivity index (χ0) is 13.8. The van der Waals surface area contributed by atoms with Gasteiger partial charge in [0.1, 0.15) is 0 Å². The van der Waals surface area contributed by atoms with Crippen LogP contribution in [0.5, 0.6) is 0 Å². The maximum Gasteiger partial charge on any atom is 0.283 e. The molecule has 0 fully saturated rings. The van der Waals surface area contributed by atoms with Crippen LogP contribution in [0, 0.1) is 10.1 Å². The first-order valence-corrected chi connectivity index (χ1v) is 6.34. The number of methoxy groups -OCH3 is 1. The molecule has 0 aliphatic rings. The first kappa shape index (κ1) is 15.1. The highest BCUT2D eigenvalue weighted by molar-refractivity contribution is 9.10. The van der Waals surface area contributed by atoms with Crippen LogP contribution in [0.4, 0.5) is 5.69 Å². The Labute approximate surface area is 115 Å². The van der Waals surface area contributed by atoms with E-state index in [1.807, 2.05) is 19.9 Å². The van der Waals surface area contributed by atoms with Crippen LogP contribution in [-0.4, -0.2) is 24.2 Å². The summed E-state index contributed by atoms with van der Waals surface area (Å²) in [6.45, 7) is 5.17. The van der Waals surface area contributed by atoms with Gasteiger partial charge >= 0.3 is 0 Å². The molecule has 0 aliphatic carbocycles. The van der Waals surface area contributed by atoms with E-state index in [-0.39, 0.29) is 11.3 Å². The Kier molecular flexibility index (Phi) is 5.25. The Morgan fingerprint density at radius 2 is 2.17 bits per heavy atom. The molecule has 1 aromatic rings. The lowest BCUT2D eigenvalue weighted by molar-refractivity contribution is -0.385. The molecule has 0 bridgehead atoms. The molecule has 100 valence electrons. The van der Waals surface area contributed by atoms with Crippen LogP contribution in [-0.2, 0) is 11.3 Å². The molecule has 1 N–H and O–H groups in total. The smallest absolute Gasteiger partial charge is 0.283 e. The third-order valence-electron chi connectivity index (χ3n) is 2.67. The van der Waals surface area contributed by atoms with Gasteiger partial charge in [0, 0.05) is 26.3 Å². The molecule has 5 nitrogen and oxygen atoms in total. The van der Waals surface area contributed by atoms with E-state index < -0.39 is 4.92 Å². The van der Waals surface area contributed by atoms with Gasteiger partial charge in [0.15, 0.2) is 0 Å². The van der Waals surface area contributed by atoms with Crippen LogP contribution in [0.3, 0.4) is 0 Å². The first-order chi connectivity index (χ1) is 8.37. The first-order valence-electron chi connectivity index (χ1n) is 5.55. The molecule has 0 aromatic heterocycles. The summed E-state index contributed by atoms with van der Waals surface area (Å²) in [6, 6.07) is 5.01. The Bertz CT molecular complexity index is 435. The van der Waals surface area contributed by atoms with E-state index in [0.717, 1.165) is 5.56 Å². The summed E-state index contributed by atoms with van der Waals surface area (Å²) < 4.78 is 5.81. The fourth-order valence-electron chi connectivity index (χ4n) is 1.41. The molecule has 0 atom stereocenters. The van der Waals surface area contributed by atoms with Crippen LogP contribution in [0.25, 0.3) is 0 Å². The quantitative estimate of drug-likeness (QED) is 0.647. The highest BCUT2D eigenvalue weighted by Gasteiger charge is 2.17. The lowest BCUT2D eigenvalue weighted by Gasteiger charge is -2.23. The number of nitrogens with one attached hydrogen (secondary N) is 1. The number of rotatable bonds is 6. The number of halogens is 1. The third kappa shape index (κ3) is 4.04. The molecule has 1 rings (SSSR count). The molecule has 0 amide bonds. The zero-order valence-electron chi connectivity index (χ0n) is 10.7. The minimum absolute atomic E-state index is 0.0836. The maximum absolute atomic E-state index is 10.8. The van der Waals surface area contributed by atoms with Gasteiger partial charge in [-0.1, -0.05) is 12.1 Å². The molecule has 0 saturated heterocycles. The van der Waals surface area contributed by atoms with Crippen molar-refractivity contribution in [2.24, 2.45) is 0 Å². The van der Waals surface area contributed by atoms with E-state index >= 15 is 0 Å². The van der Waals surface area contributed by atoms with Crippen molar-refractivity contribution >= 4 is 21.6 Å². The number of nitro benzene ring substituents is 1. The Morgan fingerprint density at radius 3 is 2.72 bits per heavy atom. The molecule has 0 aliphatic heterocycles. The van der Waals surface area contributed by atoms with Crippen molar-refractivity contribution in [1.82, 2.24) is 5.32 Å². The van der Waals surface area contributed by atoms with Gasteiger partial charge in [-0.05, 0) is 35.3 Å². The van der Waals surface area contributed by atoms with Crippen molar-refractivity contribution in [3.63, 3.8) is 0 Å².